The number of pyridine rings is 1. The van der Waals surface area contributed by atoms with Crippen molar-refractivity contribution in [2.24, 2.45) is 10.9 Å². The number of hydrogen-bond donors (Lipinski definition) is 2. The van der Waals surface area contributed by atoms with Gasteiger partial charge >= 0.3 is 0 Å². The molecule has 222 valence electrons. The number of Topliss-reactive ketones (excluding diaryl/α,β-unsaturated/α-hetero) is 1. The SMILES string of the molecule is C=N/C(=C\C=C(C)C)NC.CC.Cc1ccccc1NCCc1ccc(C(=O)CC2CC2)c(-n2nc(C#N)cc2C)n1. The zero-order chi connectivity index (χ0) is 31.1. The van der Waals surface area contributed by atoms with Gasteiger partial charge in [0.1, 0.15) is 11.9 Å². The van der Waals surface area contributed by atoms with Crippen molar-refractivity contribution in [1.29, 1.82) is 5.26 Å². The Kier molecular flexibility index (Phi) is 13.9. The summed E-state index contributed by atoms with van der Waals surface area (Å²) >= 11 is 0. The second-order valence-electron chi connectivity index (χ2n) is 10.1. The number of carbonyl (C=O) groups is 1. The van der Waals surface area contributed by atoms with E-state index in [4.69, 9.17) is 4.98 Å². The van der Waals surface area contributed by atoms with Crippen LogP contribution >= 0.6 is 0 Å². The number of anilines is 1. The van der Waals surface area contributed by atoms with Gasteiger partial charge in [-0.05, 0) is 89.1 Å². The molecule has 0 spiro atoms. The standard InChI is InChI=1S/C24H25N5O.C8H14N2.C2H6/c1-16-5-3-4-6-22(16)26-12-11-19-9-10-21(23(30)14-18-7-8-18)24(27-19)29-17(2)13-20(15-25)28-29;1-7(2)5-6-8(9-3)10-4;1-2/h3-6,9-10,13,18,26H,7-8,11-12,14H2,1-2H3;5-6,10H,3H2,1-2,4H3;1-2H3/b;8-6+;. The van der Waals surface area contributed by atoms with Crippen LogP contribution in [0.4, 0.5) is 5.69 Å². The molecule has 2 heterocycles. The van der Waals surface area contributed by atoms with E-state index >= 15 is 0 Å². The van der Waals surface area contributed by atoms with Gasteiger partial charge in [0, 0.05) is 43.5 Å². The summed E-state index contributed by atoms with van der Waals surface area (Å²) in [6.07, 6.45) is 7.38. The fraction of sp³-hybridized carbons (Fsp3) is 0.382. The maximum atomic E-state index is 12.9. The lowest BCUT2D eigenvalue weighted by atomic mass is 10.1. The number of carbonyl (C=O) groups excluding carboxylic acids is 1. The van der Waals surface area contributed by atoms with Gasteiger partial charge in [0.2, 0.25) is 0 Å². The van der Waals surface area contributed by atoms with Gasteiger partial charge in [-0.15, -0.1) is 0 Å². The molecule has 0 amide bonds. The molecule has 8 nitrogen and oxygen atoms in total. The van der Waals surface area contributed by atoms with Crippen LogP contribution in [0.3, 0.4) is 0 Å². The molecule has 1 saturated carbocycles. The zero-order valence-electron chi connectivity index (χ0n) is 26.2. The van der Waals surface area contributed by atoms with Gasteiger partial charge in [0.05, 0.1) is 5.56 Å². The highest BCUT2D eigenvalue weighted by Gasteiger charge is 2.27. The molecule has 1 fully saturated rings. The van der Waals surface area contributed by atoms with E-state index in [1.54, 1.807) is 10.7 Å². The van der Waals surface area contributed by atoms with Crippen LogP contribution in [0.5, 0.6) is 0 Å². The minimum atomic E-state index is 0.0954. The van der Waals surface area contributed by atoms with E-state index in [0.717, 1.165) is 42.3 Å². The fourth-order valence-corrected chi connectivity index (χ4v) is 4.00. The van der Waals surface area contributed by atoms with Gasteiger partial charge in [-0.2, -0.15) is 10.4 Å². The van der Waals surface area contributed by atoms with Crippen molar-refractivity contribution < 1.29 is 4.79 Å². The van der Waals surface area contributed by atoms with Gasteiger partial charge in [-0.1, -0.05) is 43.7 Å². The van der Waals surface area contributed by atoms with Crippen molar-refractivity contribution >= 4 is 18.2 Å². The second-order valence-corrected chi connectivity index (χ2v) is 10.1. The summed E-state index contributed by atoms with van der Waals surface area (Å²) in [4.78, 5) is 21.4. The first-order chi connectivity index (χ1) is 20.2. The Morgan fingerprint density at radius 2 is 1.88 bits per heavy atom. The first-order valence-corrected chi connectivity index (χ1v) is 14.5. The van der Waals surface area contributed by atoms with E-state index in [9.17, 15) is 10.1 Å². The molecule has 2 aromatic heterocycles. The number of ketones is 1. The number of nitriles is 1. The summed E-state index contributed by atoms with van der Waals surface area (Å²) in [5.41, 5.74) is 6.11. The molecule has 1 aliphatic carbocycles. The molecule has 0 unspecified atom stereocenters. The number of nitrogens with one attached hydrogen (secondary N) is 2. The number of hydrogen-bond acceptors (Lipinski definition) is 7. The van der Waals surface area contributed by atoms with Crippen LogP contribution in [-0.2, 0) is 6.42 Å². The molecule has 0 atom stereocenters. The number of aryl methyl sites for hydroxylation is 2. The van der Waals surface area contributed by atoms with Crippen LogP contribution in [0, 0.1) is 31.1 Å². The number of benzene rings is 1. The highest BCUT2D eigenvalue weighted by molar-refractivity contribution is 5.99. The minimum absolute atomic E-state index is 0.0954. The molecule has 1 aliphatic rings. The predicted octanol–water partition coefficient (Wildman–Crippen LogP) is 7.13. The molecule has 8 heteroatoms. The van der Waals surface area contributed by atoms with Crippen molar-refractivity contribution in [2.45, 2.75) is 67.2 Å². The van der Waals surface area contributed by atoms with E-state index < -0.39 is 0 Å². The summed E-state index contributed by atoms with van der Waals surface area (Å²) in [6.45, 7) is 16.1. The molecule has 1 aromatic carbocycles. The van der Waals surface area contributed by atoms with E-state index in [1.165, 1.54) is 11.1 Å². The average Bonchev–Trinajstić information content (AvgIpc) is 3.73. The van der Waals surface area contributed by atoms with Crippen LogP contribution in [0.15, 0.2) is 71.0 Å². The summed E-state index contributed by atoms with van der Waals surface area (Å²) in [5, 5.41) is 19.9. The molecule has 0 radical (unpaired) electrons. The maximum Gasteiger partial charge on any atom is 0.166 e. The summed E-state index contributed by atoms with van der Waals surface area (Å²) in [5.74, 6) is 1.91. The highest BCUT2D eigenvalue weighted by Crippen LogP contribution is 2.34. The van der Waals surface area contributed by atoms with Crippen molar-refractivity contribution in [3.8, 4) is 11.9 Å². The zero-order valence-corrected chi connectivity index (χ0v) is 26.2. The Morgan fingerprint density at radius 3 is 2.45 bits per heavy atom. The molecular weight excluding hydrogens is 522 g/mol. The van der Waals surface area contributed by atoms with Crippen molar-refractivity contribution in [1.82, 2.24) is 20.1 Å². The molecule has 4 rings (SSSR count). The quantitative estimate of drug-likeness (QED) is 0.145. The Labute approximate surface area is 251 Å². The Hall–Kier alpha value is -4.51. The normalized spacial score (nSPS) is 12.0. The van der Waals surface area contributed by atoms with Crippen LogP contribution in [0.2, 0.25) is 0 Å². The summed E-state index contributed by atoms with van der Waals surface area (Å²) in [6, 6.07) is 15.7. The fourth-order valence-electron chi connectivity index (χ4n) is 4.00. The third-order valence-electron chi connectivity index (χ3n) is 6.45. The van der Waals surface area contributed by atoms with Crippen molar-refractivity contribution in [2.75, 3.05) is 18.9 Å². The molecule has 3 aromatic rings. The van der Waals surface area contributed by atoms with Crippen molar-refractivity contribution in [3.63, 3.8) is 0 Å². The van der Waals surface area contributed by atoms with Crippen LogP contribution in [-0.4, -0.2) is 40.9 Å². The molecule has 0 aliphatic heterocycles. The Morgan fingerprint density at radius 1 is 1.17 bits per heavy atom. The topological polar surface area (TPSA) is 108 Å². The van der Waals surface area contributed by atoms with Crippen molar-refractivity contribution in [3.05, 3.63) is 94.2 Å². The lowest BCUT2D eigenvalue weighted by molar-refractivity contribution is 0.0975. The van der Waals surface area contributed by atoms with Gasteiger partial charge in [-0.3, -0.25) is 4.79 Å². The third-order valence-corrected chi connectivity index (χ3v) is 6.45. The average molecular weight is 568 g/mol. The summed E-state index contributed by atoms with van der Waals surface area (Å²) < 4.78 is 1.62. The number of aliphatic imine (C=N–C) groups is 1. The largest absolute Gasteiger partial charge is 0.384 e. The first-order valence-electron chi connectivity index (χ1n) is 14.5. The van der Waals surface area contributed by atoms with Gasteiger partial charge in [0.25, 0.3) is 0 Å². The third kappa shape index (κ3) is 10.5. The number of rotatable bonds is 11. The molecule has 2 N–H and O–H groups in total. The number of nitrogens with zero attached hydrogens (tertiary/aromatic N) is 5. The van der Waals surface area contributed by atoms with Gasteiger partial charge in [0.15, 0.2) is 17.3 Å². The van der Waals surface area contributed by atoms with Gasteiger partial charge in [-0.25, -0.2) is 14.7 Å². The first kappa shape index (κ1) is 33.7. The van der Waals surface area contributed by atoms with Crippen LogP contribution < -0.4 is 10.6 Å². The molecular formula is C34H45N7O. The molecule has 42 heavy (non-hydrogen) atoms. The lowest BCUT2D eigenvalue weighted by Gasteiger charge is -2.13. The van der Waals surface area contributed by atoms with E-state index in [-0.39, 0.29) is 5.78 Å². The molecule has 0 saturated heterocycles. The number of aromatic nitrogens is 3. The van der Waals surface area contributed by atoms with E-state index in [2.05, 4.69) is 52.6 Å². The monoisotopic (exact) mass is 567 g/mol. The Bertz CT molecular complexity index is 1430. The number of para-hydroxylation sites is 1. The van der Waals surface area contributed by atoms with Gasteiger partial charge < -0.3 is 10.6 Å². The van der Waals surface area contributed by atoms with E-state index in [0.29, 0.717) is 35.8 Å². The summed E-state index contributed by atoms with van der Waals surface area (Å²) in [7, 11) is 1.82. The highest BCUT2D eigenvalue weighted by atomic mass is 16.1. The number of allylic oxidation sites excluding steroid dienone is 3. The predicted molar refractivity (Wildman–Crippen MR) is 173 cm³/mol. The second kappa shape index (κ2) is 17.3. The minimum Gasteiger partial charge on any atom is -0.384 e. The maximum absolute atomic E-state index is 12.9. The lowest BCUT2D eigenvalue weighted by Crippen LogP contribution is -2.14. The Balaban J connectivity index is 0.000000438. The molecule has 0 bridgehead atoms. The van der Waals surface area contributed by atoms with E-state index in [1.807, 2.05) is 78.1 Å². The smallest absolute Gasteiger partial charge is 0.166 e. The van der Waals surface area contributed by atoms with Crippen LogP contribution in [0.25, 0.3) is 5.82 Å². The van der Waals surface area contributed by atoms with Crippen LogP contribution in [0.1, 0.15) is 80.0 Å².